The van der Waals surface area contributed by atoms with Crippen molar-refractivity contribution in [2.75, 3.05) is 6.54 Å². The Morgan fingerprint density at radius 3 is 2.75 bits per heavy atom. The number of hydrogen-bond acceptors (Lipinski definition) is 2. The summed E-state index contributed by atoms with van der Waals surface area (Å²) < 4.78 is 0. The molecule has 1 amide bonds. The number of amides is 1. The van der Waals surface area contributed by atoms with Crippen molar-refractivity contribution >= 4 is 5.91 Å². The van der Waals surface area contributed by atoms with Gasteiger partial charge in [-0.05, 0) is 6.42 Å². The minimum atomic E-state index is -0.0347. The number of rotatable bonds is 0. The van der Waals surface area contributed by atoms with E-state index in [1.165, 1.54) is 4.90 Å². The zero-order valence-electron chi connectivity index (χ0n) is 4.42. The fraction of sp³-hybridized carbons (Fsp3) is 0.600. The van der Waals surface area contributed by atoms with Crippen molar-refractivity contribution < 1.29 is 4.79 Å². The summed E-state index contributed by atoms with van der Waals surface area (Å²) >= 11 is 0. The minimum absolute atomic E-state index is 0.0347. The van der Waals surface area contributed by atoms with E-state index in [1.54, 1.807) is 6.19 Å². The van der Waals surface area contributed by atoms with Crippen LogP contribution in [0, 0.1) is 11.5 Å². The van der Waals surface area contributed by atoms with E-state index >= 15 is 0 Å². The first-order valence-electron chi connectivity index (χ1n) is 2.54. The Balaban J connectivity index is 2.58. The molecule has 0 spiro atoms. The number of likely N-dealkylation sites (tertiary alicyclic amines) is 1. The topological polar surface area (TPSA) is 44.1 Å². The largest absolute Gasteiger partial charge is 0.274 e. The van der Waals surface area contributed by atoms with Gasteiger partial charge in [-0.1, -0.05) is 0 Å². The number of carbonyl (C=O) groups is 1. The van der Waals surface area contributed by atoms with E-state index in [4.69, 9.17) is 5.26 Å². The Hall–Kier alpha value is -1.04. The first kappa shape index (κ1) is 5.10. The molecule has 1 fully saturated rings. The van der Waals surface area contributed by atoms with Crippen molar-refractivity contribution in [1.29, 1.82) is 5.26 Å². The molecule has 0 saturated carbocycles. The van der Waals surface area contributed by atoms with Gasteiger partial charge in [0.2, 0.25) is 5.91 Å². The second-order valence-corrected chi connectivity index (χ2v) is 1.75. The van der Waals surface area contributed by atoms with Crippen LogP contribution in [0.25, 0.3) is 0 Å². The van der Waals surface area contributed by atoms with E-state index in [2.05, 4.69) is 0 Å². The van der Waals surface area contributed by atoms with E-state index in [0.29, 0.717) is 13.0 Å². The van der Waals surface area contributed by atoms with Crippen LogP contribution in [0.5, 0.6) is 0 Å². The Kier molecular flexibility index (Phi) is 1.17. The highest BCUT2D eigenvalue weighted by atomic mass is 16.2. The smallest absolute Gasteiger partial charge is 0.235 e. The minimum Gasteiger partial charge on any atom is -0.274 e. The Morgan fingerprint density at radius 2 is 2.50 bits per heavy atom. The third-order valence-corrected chi connectivity index (χ3v) is 1.19. The number of hydrogen-bond donors (Lipinski definition) is 0. The summed E-state index contributed by atoms with van der Waals surface area (Å²) in [7, 11) is 0. The maximum atomic E-state index is 10.5. The molecule has 0 aromatic carbocycles. The summed E-state index contributed by atoms with van der Waals surface area (Å²) in [5.74, 6) is -0.0347. The lowest BCUT2D eigenvalue weighted by Crippen LogP contribution is -2.17. The molecule has 1 heterocycles. The summed E-state index contributed by atoms with van der Waals surface area (Å²) in [6.07, 6.45) is 3.19. The fourth-order valence-corrected chi connectivity index (χ4v) is 0.754. The average Bonchev–Trinajstić information content (AvgIpc) is 2.14. The molecule has 3 nitrogen and oxygen atoms in total. The molecule has 0 atom stereocenters. The highest BCUT2D eigenvalue weighted by Crippen LogP contribution is 2.06. The lowest BCUT2D eigenvalue weighted by atomic mass is 10.4. The van der Waals surface area contributed by atoms with E-state index in [1.807, 2.05) is 0 Å². The van der Waals surface area contributed by atoms with Crippen LogP contribution in [0.2, 0.25) is 0 Å². The van der Waals surface area contributed by atoms with Gasteiger partial charge in [-0.15, -0.1) is 0 Å². The van der Waals surface area contributed by atoms with Crippen molar-refractivity contribution in [2.45, 2.75) is 12.8 Å². The van der Waals surface area contributed by atoms with Gasteiger partial charge < -0.3 is 0 Å². The maximum absolute atomic E-state index is 10.5. The van der Waals surface area contributed by atoms with Gasteiger partial charge in [-0.25, -0.2) is 4.90 Å². The van der Waals surface area contributed by atoms with Crippen LogP contribution in [0.4, 0.5) is 0 Å². The van der Waals surface area contributed by atoms with Crippen LogP contribution in [-0.2, 0) is 4.79 Å². The molecule has 0 radical (unpaired) electrons. The van der Waals surface area contributed by atoms with Crippen LogP contribution >= 0.6 is 0 Å². The maximum Gasteiger partial charge on any atom is 0.235 e. The fourth-order valence-electron chi connectivity index (χ4n) is 0.754. The second kappa shape index (κ2) is 1.83. The molecule has 0 aromatic heterocycles. The van der Waals surface area contributed by atoms with Gasteiger partial charge in [-0.2, -0.15) is 5.26 Å². The molecular formula is C5H6N2O. The SMILES string of the molecule is N#CN1CCCC1=O. The summed E-state index contributed by atoms with van der Waals surface area (Å²) in [6, 6.07) is 0. The standard InChI is InChI=1S/C5H6N2O/c6-4-7-3-1-2-5(7)8/h1-3H2. The lowest BCUT2D eigenvalue weighted by Gasteiger charge is -1.98. The second-order valence-electron chi connectivity index (χ2n) is 1.75. The van der Waals surface area contributed by atoms with Gasteiger partial charge in [0.05, 0.1) is 0 Å². The van der Waals surface area contributed by atoms with Gasteiger partial charge in [0.15, 0.2) is 6.19 Å². The molecule has 0 aromatic rings. The molecule has 0 N–H and O–H groups in total. The average molecular weight is 110 g/mol. The van der Waals surface area contributed by atoms with Gasteiger partial charge in [0, 0.05) is 13.0 Å². The van der Waals surface area contributed by atoms with Crippen molar-refractivity contribution in [3.05, 3.63) is 0 Å². The lowest BCUT2D eigenvalue weighted by molar-refractivity contribution is -0.125. The summed E-state index contributed by atoms with van der Waals surface area (Å²) in [5.41, 5.74) is 0. The highest BCUT2D eigenvalue weighted by Gasteiger charge is 2.18. The molecule has 42 valence electrons. The third-order valence-electron chi connectivity index (χ3n) is 1.19. The van der Waals surface area contributed by atoms with Crippen LogP contribution in [0.3, 0.4) is 0 Å². The molecule has 0 aliphatic carbocycles. The van der Waals surface area contributed by atoms with Crippen LogP contribution < -0.4 is 0 Å². The Bertz CT molecular complexity index is 147. The van der Waals surface area contributed by atoms with Crippen molar-refractivity contribution in [3.63, 3.8) is 0 Å². The van der Waals surface area contributed by atoms with Crippen molar-refractivity contribution in [3.8, 4) is 6.19 Å². The number of nitriles is 1. The molecule has 8 heavy (non-hydrogen) atoms. The first-order valence-corrected chi connectivity index (χ1v) is 2.54. The van der Waals surface area contributed by atoms with Crippen LogP contribution in [-0.4, -0.2) is 17.4 Å². The Morgan fingerprint density at radius 1 is 1.75 bits per heavy atom. The molecule has 0 bridgehead atoms. The predicted molar refractivity (Wildman–Crippen MR) is 26.6 cm³/mol. The van der Waals surface area contributed by atoms with Gasteiger partial charge >= 0.3 is 0 Å². The molecule has 1 saturated heterocycles. The molecule has 0 unspecified atom stereocenters. The van der Waals surface area contributed by atoms with E-state index in [0.717, 1.165) is 6.42 Å². The predicted octanol–water partition coefficient (Wildman–Crippen LogP) is 0.0899. The first-order chi connectivity index (χ1) is 3.84. The third kappa shape index (κ3) is 0.648. The van der Waals surface area contributed by atoms with E-state index in [9.17, 15) is 4.79 Å². The molecule has 1 aliphatic heterocycles. The summed E-state index contributed by atoms with van der Waals surface area (Å²) in [6.45, 7) is 0.620. The zero-order chi connectivity index (χ0) is 5.98. The van der Waals surface area contributed by atoms with Crippen LogP contribution in [0.15, 0.2) is 0 Å². The van der Waals surface area contributed by atoms with Crippen LogP contribution in [0.1, 0.15) is 12.8 Å². The van der Waals surface area contributed by atoms with Gasteiger partial charge in [0.1, 0.15) is 0 Å². The monoisotopic (exact) mass is 110 g/mol. The van der Waals surface area contributed by atoms with E-state index in [-0.39, 0.29) is 5.91 Å². The van der Waals surface area contributed by atoms with Gasteiger partial charge in [0.25, 0.3) is 0 Å². The van der Waals surface area contributed by atoms with Gasteiger partial charge in [-0.3, -0.25) is 4.79 Å². The molecular weight excluding hydrogens is 104 g/mol. The molecule has 1 rings (SSSR count). The Labute approximate surface area is 47.5 Å². The van der Waals surface area contributed by atoms with Crippen molar-refractivity contribution in [1.82, 2.24) is 4.90 Å². The van der Waals surface area contributed by atoms with Crippen molar-refractivity contribution in [2.24, 2.45) is 0 Å². The molecule has 3 heteroatoms. The molecule has 1 aliphatic rings. The summed E-state index contributed by atoms with van der Waals surface area (Å²) in [5, 5.41) is 8.19. The quantitative estimate of drug-likeness (QED) is 0.415. The normalized spacial score (nSPS) is 18.9. The highest BCUT2D eigenvalue weighted by molar-refractivity contribution is 5.79. The zero-order valence-corrected chi connectivity index (χ0v) is 4.42. The van der Waals surface area contributed by atoms with E-state index < -0.39 is 0 Å². The summed E-state index contributed by atoms with van der Waals surface area (Å²) in [4.78, 5) is 11.7. The number of carbonyl (C=O) groups excluding carboxylic acids is 1. The number of nitrogens with zero attached hydrogens (tertiary/aromatic N) is 2.